The molecule has 1 aliphatic rings. The smallest absolute Gasteiger partial charge is 0.251 e. The Bertz CT molecular complexity index is 1410. The highest BCUT2D eigenvalue weighted by molar-refractivity contribution is 5.96. The van der Waals surface area contributed by atoms with Crippen LogP contribution in [0.3, 0.4) is 0 Å². The molecule has 0 unspecified atom stereocenters. The average molecular weight is 535 g/mol. The fraction of sp³-hybridized carbons (Fsp3) is 0.259. The van der Waals surface area contributed by atoms with Crippen LogP contribution in [0.4, 0.5) is 15.9 Å². The highest BCUT2D eigenvalue weighted by Crippen LogP contribution is 2.27. The summed E-state index contributed by atoms with van der Waals surface area (Å²) in [4.78, 5) is 28.5. The van der Waals surface area contributed by atoms with Crippen LogP contribution in [0.2, 0.25) is 0 Å². The molecule has 2 aromatic carbocycles. The normalized spacial score (nSPS) is 13.3. The average Bonchev–Trinajstić information content (AvgIpc) is 3.67. The molecule has 0 radical (unpaired) electrons. The number of nitrogens with one attached hydrogen (secondary N) is 2. The van der Waals surface area contributed by atoms with Crippen molar-refractivity contribution in [3.63, 3.8) is 0 Å². The number of ether oxygens (including phenoxy) is 1. The molecule has 1 aliphatic heterocycles. The number of rotatable bonds is 9. The molecule has 2 amide bonds. The molecule has 0 spiro atoms. The molecule has 2 aromatic heterocycles. The summed E-state index contributed by atoms with van der Waals surface area (Å²) in [7, 11) is 1.55. The van der Waals surface area contributed by atoms with Gasteiger partial charge < -0.3 is 34.2 Å². The highest BCUT2D eigenvalue weighted by Gasteiger charge is 2.23. The largest absolute Gasteiger partial charge is 0.497 e. The predicted octanol–water partition coefficient (Wildman–Crippen LogP) is 3.17. The summed E-state index contributed by atoms with van der Waals surface area (Å²) in [6.45, 7) is 2.02. The Morgan fingerprint density at radius 3 is 2.51 bits per heavy atom. The van der Waals surface area contributed by atoms with Gasteiger partial charge in [0.1, 0.15) is 23.5 Å². The number of methoxy groups -OCH3 is 1. The van der Waals surface area contributed by atoms with Crippen molar-refractivity contribution in [1.82, 2.24) is 20.5 Å². The van der Waals surface area contributed by atoms with Gasteiger partial charge in [0.25, 0.3) is 5.91 Å². The molecule has 4 aromatic rings. The fourth-order valence-electron chi connectivity index (χ4n) is 4.25. The molecular formula is C27H27FN6O5. The van der Waals surface area contributed by atoms with E-state index in [2.05, 4.69) is 20.9 Å². The van der Waals surface area contributed by atoms with E-state index in [1.807, 2.05) is 4.90 Å². The monoisotopic (exact) mass is 534 g/mol. The Balaban J connectivity index is 1.11. The highest BCUT2D eigenvalue weighted by atomic mass is 19.1. The van der Waals surface area contributed by atoms with E-state index in [1.54, 1.807) is 60.5 Å². The SMILES string of the molecule is COc1ccc(C(=O)NCC(=O)N2CCN(c3ccc(-c4cc(CNc5ccon5)on4)cc3F)CC2)cc1. The van der Waals surface area contributed by atoms with Crippen LogP contribution in [0.5, 0.6) is 5.75 Å². The van der Waals surface area contributed by atoms with Gasteiger partial charge in [0.05, 0.1) is 25.9 Å². The number of carbonyl (C=O) groups is 2. The van der Waals surface area contributed by atoms with Crippen LogP contribution in [0.1, 0.15) is 16.1 Å². The summed E-state index contributed by atoms with van der Waals surface area (Å²) in [5, 5.41) is 13.5. The number of hydrogen-bond donors (Lipinski definition) is 2. The molecular weight excluding hydrogens is 507 g/mol. The van der Waals surface area contributed by atoms with E-state index < -0.39 is 0 Å². The molecule has 12 heteroatoms. The summed E-state index contributed by atoms with van der Waals surface area (Å²) >= 11 is 0. The topological polar surface area (TPSA) is 126 Å². The zero-order valence-corrected chi connectivity index (χ0v) is 21.2. The van der Waals surface area contributed by atoms with Gasteiger partial charge in [-0.3, -0.25) is 9.59 Å². The first-order valence-electron chi connectivity index (χ1n) is 12.3. The van der Waals surface area contributed by atoms with Crippen LogP contribution < -0.4 is 20.3 Å². The lowest BCUT2D eigenvalue weighted by atomic mass is 10.1. The van der Waals surface area contributed by atoms with Gasteiger partial charge in [-0.2, -0.15) is 0 Å². The van der Waals surface area contributed by atoms with Crippen LogP contribution in [0.25, 0.3) is 11.3 Å². The number of amides is 2. The molecule has 2 N–H and O–H groups in total. The van der Waals surface area contributed by atoms with Gasteiger partial charge in [-0.05, 0) is 36.4 Å². The molecule has 11 nitrogen and oxygen atoms in total. The van der Waals surface area contributed by atoms with Crippen molar-refractivity contribution in [3.05, 3.63) is 78.0 Å². The molecule has 0 saturated carbocycles. The Morgan fingerprint density at radius 2 is 1.82 bits per heavy atom. The maximum atomic E-state index is 15.1. The van der Waals surface area contributed by atoms with Gasteiger partial charge in [0.15, 0.2) is 11.6 Å². The van der Waals surface area contributed by atoms with E-state index in [0.717, 1.165) is 0 Å². The molecule has 5 rings (SSSR count). The van der Waals surface area contributed by atoms with Crippen molar-refractivity contribution in [2.45, 2.75) is 6.54 Å². The van der Waals surface area contributed by atoms with Gasteiger partial charge in [0, 0.05) is 49.4 Å². The first-order valence-corrected chi connectivity index (χ1v) is 12.3. The lowest BCUT2D eigenvalue weighted by Gasteiger charge is -2.36. The number of benzene rings is 2. The Kier molecular flexibility index (Phi) is 7.71. The zero-order chi connectivity index (χ0) is 27.2. The molecule has 1 fully saturated rings. The van der Waals surface area contributed by atoms with Crippen LogP contribution in [0, 0.1) is 5.82 Å². The summed E-state index contributed by atoms with van der Waals surface area (Å²) in [5.74, 6) is 0.877. The summed E-state index contributed by atoms with van der Waals surface area (Å²) < 4.78 is 30.3. The molecule has 39 heavy (non-hydrogen) atoms. The van der Waals surface area contributed by atoms with Crippen molar-refractivity contribution in [1.29, 1.82) is 0 Å². The first kappa shape index (κ1) is 25.8. The summed E-state index contributed by atoms with van der Waals surface area (Å²) in [6.07, 6.45) is 1.46. The number of hydrogen-bond acceptors (Lipinski definition) is 9. The van der Waals surface area contributed by atoms with Crippen molar-refractivity contribution in [3.8, 4) is 17.0 Å². The lowest BCUT2D eigenvalue weighted by Crippen LogP contribution is -2.51. The molecule has 1 saturated heterocycles. The summed E-state index contributed by atoms with van der Waals surface area (Å²) in [5.41, 5.74) is 2.01. The van der Waals surface area contributed by atoms with Crippen LogP contribution in [0.15, 0.2) is 69.9 Å². The van der Waals surface area contributed by atoms with E-state index in [0.29, 0.717) is 72.6 Å². The lowest BCUT2D eigenvalue weighted by molar-refractivity contribution is -0.130. The van der Waals surface area contributed by atoms with Crippen LogP contribution in [-0.2, 0) is 11.3 Å². The predicted molar refractivity (Wildman–Crippen MR) is 140 cm³/mol. The van der Waals surface area contributed by atoms with E-state index in [9.17, 15) is 9.59 Å². The Hall–Kier alpha value is -4.87. The quantitative estimate of drug-likeness (QED) is 0.333. The molecule has 0 atom stereocenters. The van der Waals surface area contributed by atoms with Crippen LogP contribution in [-0.4, -0.2) is 66.9 Å². The van der Waals surface area contributed by atoms with Crippen molar-refractivity contribution in [2.24, 2.45) is 0 Å². The number of nitrogens with zero attached hydrogens (tertiary/aromatic N) is 4. The van der Waals surface area contributed by atoms with E-state index >= 15 is 4.39 Å². The second-order valence-electron chi connectivity index (χ2n) is 8.86. The van der Waals surface area contributed by atoms with Gasteiger partial charge in [-0.15, -0.1) is 0 Å². The fourth-order valence-corrected chi connectivity index (χ4v) is 4.25. The standard InChI is InChI=1S/C27H27FN6O5/c1-37-20-5-2-18(3-6-20)27(36)30-17-26(35)34-11-9-33(10-12-34)24-7-4-19(14-22(24)28)23-15-21(39-31-23)16-29-25-8-13-38-32-25/h2-8,13-15H,9-12,16-17H2,1H3,(H,29,32)(H,30,36). The second-order valence-corrected chi connectivity index (χ2v) is 8.86. The number of piperazine rings is 1. The second kappa shape index (κ2) is 11.7. The van der Waals surface area contributed by atoms with E-state index in [4.69, 9.17) is 13.8 Å². The molecule has 202 valence electrons. The van der Waals surface area contributed by atoms with Crippen molar-refractivity contribution >= 4 is 23.3 Å². The Labute approximate surface area is 223 Å². The van der Waals surface area contributed by atoms with Gasteiger partial charge in [0.2, 0.25) is 5.91 Å². The van der Waals surface area contributed by atoms with Gasteiger partial charge in [-0.25, -0.2) is 4.39 Å². The first-order chi connectivity index (χ1) is 19.0. The van der Waals surface area contributed by atoms with Crippen LogP contribution >= 0.6 is 0 Å². The third-order valence-electron chi connectivity index (χ3n) is 6.41. The molecule has 0 aliphatic carbocycles. The number of aromatic nitrogens is 2. The minimum atomic E-state index is -0.385. The minimum Gasteiger partial charge on any atom is -0.497 e. The van der Waals surface area contributed by atoms with Gasteiger partial charge >= 0.3 is 0 Å². The number of carbonyl (C=O) groups excluding carboxylic acids is 2. The zero-order valence-electron chi connectivity index (χ0n) is 21.2. The van der Waals surface area contributed by atoms with Gasteiger partial charge in [-0.1, -0.05) is 16.4 Å². The minimum absolute atomic E-state index is 0.109. The molecule has 0 bridgehead atoms. The Morgan fingerprint density at radius 1 is 1.03 bits per heavy atom. The van der Waals surface area contributed by atoms with E-state index in [-0.39, 0.29) is 24.2 Å². The third-order valence-corrected chi connectivity index (χ3v) is 6.41. The molecule has 3 heterocycles. The number of halogens is 1. The van der Waals surface area contributed by atoms with Crippen molar-refractivity contribution < 1.29 is 27.8 Å². The maximum Gasteiger partial charge on any atom is 0.251 e. The van der Waals surface area contributed by atoms with Crippen molar-refractivity contribution in [2.75, 3.05) is 50.1 Å². The maximum absolute atomic E-state index is 15.1. The third kappa shape index (κ3) is 6.17. The number of anilines is 2. The van der Waals surface area contributed by atoms with E-state index in [1.165, 1.54) is 12.3 Å². The summed E-state index contributed by atoms with van der Waals surface area (Å²) in [6, 6.07) is 15.0.